The third kappa shape index (κ3) is 3.26. The normalized spacial score (nSPS) is 13.6. The van der Waals surface area contributed by atoms with Crippen molar-refractivity contribution in [2.45, 2.75) is 37.8 Å². The van der Waals surface area contributed by atoms with Gasteiger partial charge in [0.2, 0.25) is 10.0 Å². The van der Waals surface area contributed by atoms with Gasteiger partial charge in [0.05, 0.1) is 6.20 Å². The molecule has 20 heavy (non-hydrogen) atoms. The first-order valence-electron chi connectivity index (χ1n) is 6.51. The lowest BCUT2D eigenvalue weighted by Crippen LogP contribution is -2.26. The Hall–Kier alpha value is -1.66. The molecule has 6 heteroatoms. The molecule has 2 rings (SSSR count). The maximum absolute atomic E-state index is 12.3. The van der Waals surface area contributed by atoms with Crippen molar-refractivity contribution in [2.24, 2.45) is 0 Å². The predicted octanol–water partition coefficient (Wildman–Crippen LogP) is 2.50. The van der Waals surface area contributed by atoms with Crippen molar-refractivity contribution in [1.82, 2.24) is 14.5 Å². The lowest BCUT2D eigenvalue weighted by atomic mass is 10.1. The summed E-state index contributed by atoms with van der Waals surface area (Å²) in [6.45, 7) is 5.71. The second-order valence-electron chi connectivity index (χ2n) is 5.00. The number of hydrogen-bond acceptors (Lipinski definition) is 3. The maximum Gasteiger partial charge on any atom is 0.244 e. The van der Waals surface area contributed by atoms with Crippen molar-refractivity contribution in [3.05, 3.63) is 48.3 Å². The number of nitrogens with zero attached hydrogens (tertiary/aromatic N) is 2. The van der Waals surface area contributed by atoms with Crippen molar-refractivity contribution in [3.63, 3.8) is 0 Å². The van der Waals surface area contributed by atoms with E-state index in [1.165, 1.54) is 6.20 Å². The zero-order valence-electron chi connectivity index (χ0n) is 11.8. The molecule has 5 nitrogen and oxygen atoms in total. The van der Waals surface area contributed by atoms with Gasteiger partial charge in [-0.15, -0.1) is 0 Å². The fraction of sp³-hybridized carbons (Fsp3) is 0.357. The molecule has 0 bridgehead atoms. The first-order valence-corrected chi connectivity index (χ1v) is 8.00. The van der Waals surface area contributed by atoms with Gasteiger partial charge in [0.15, 0.2) is 0 Å². The van der Waals surface area contributed by atoms with Gasteiger partial charge < -0.3 is 0 Å². The number of hydrogen-bond donors (Lipinski definition) is 1. The van der Waals surface area contributed by atoms with Gasteiger partial charge in [0, 0.05) is 18.3 Å². The van der Waals surface area contributed by atoms with E-state index in [1.807, 2.05) is 51.1 Å². The van der Waals surface area contributed by atoms with Gasteiger partial charge in [-0.2, -0.15) is 5.10 Å². The Labute approximate surface area is 119 Å². The molecule has 1 aromatic heterocycles. The van der Waals surface area contributed by atoms with Gasteiger partial charge in [-0.1, -0.05) is 30.3 Å². The summed E-state index contributed by atoms with van der Waals surface area (Å²) >= 11 is 0. The molecule has 0 aliphatic carbocycles. The fourth-order valence-corrected chi connectivity index (χ4v) is 3.02. The molecule has 0 saturated carbocycles. The largest absolute Gasteiger partial charge is 0.269 e. The molecular weight excluding hydrogens is 274 g/mol. The Morgan fingerprint density at radius 1 is 1.15 bits per heavy atom. The second kappa shape index (κ2) is 5.76. The molecule has 1 heterocycles. The molecule has 108 valence electrons. The van der Waals surface area contributed by atoms with Crippen molar-refractivity contribution >= 4 is 10.0 Å². The van der Waals surface area contributed by atoms with Crippen LogP contribution in [0.4, 0.5) is 0 Å². The number of benzene rings is 1. The Morgan fingerprint density at radius 2 is 1.80 bits per heavy atom. The average molecular weight is 293 g/mol. The summed E-state index contributed by atoms with van der Waals surface area (Å²) in [6, 6.07) is 9.30. The zero-order chi connectivity index (χ0) is 14.8. The number of aromatic nitrogens is 2. The molecule has 1 aromatic carbocycles. The third-order valence-corrected chi connectivity index (χ3v) is 4.54. The number of sulfonamides is 1. The van der Waals surface area contributed by atoms with E-state index in [9.17, 15) is 8.42 Å². The van der Waals surface area contributed by atoms with Crippen molar-refractivity contribution < 1.29 is 8.42 Å². The molecule has 0 fully saturated rings. The van der Waals surface area contributed by atoms with Crippen molar-refractivity contribution in [1.29, 1.82) is 0 Å². The lowest BCUT2D eigenvalue weighted by Gasteiger charge is -2.13. The molecule has 0 spiro atoms. The van der Waals surface area contributed by atoms with Crippen LogP contribution in [0.25, 0.3) is 0 Å². The van der Waals surface area contributed by atoms with E-state index in [1.54, 1.807) is 10.9 Å². The van der Waals surface area contributed by atoms with E-state index >= 15 is 0 Å². The Morgan fingerprint density at radius 3 is 2.35 bits per heavy atom. The van der Waals surface area contributed by atoms with Crippen LogP contribution in [-0.4, -0.2) is 18.2 Å². The second-order valence-corrected chi connectivity index (χ2v) is 6.72. The van der Waals surface area contributed by atoms with Crippen LogP contribution in [0, 0.1) is 0 Å². The van der Waals surface area contributed by atoms with E-state index in [0.717, 1.165) is 5.56 Å². The topological polar surface area (TPSA) is 64.0 Å². The van der Waals surface area contributed by atoms with E-state index in [4.69, 9.17) is 0 Å². The fourth-order valence-electron chi connectivity index (χ4n) is 1.85. The molecule has 0 aliphatic rings. The monoisotopic (exact) mass is 293 g/mol. The van der Waals surface area contributed by atoms with E-state index < -0.39 is 10.0 Å². The highest BCUT2D eigenvalue weighted by Gasteiger charge is 2.20. The van der Waals surface area contributed by atoms with Crippen LogP contribution in [-0.2, 0) is 10.0 Å². The highest BCUT2D eigenvalue weighted by Crippen LogP contribution is 2.17. The molecule has 0 radical (unpaired) electrons. The van der Waals surface area contributed by atoms with Crippen LogP contribution in [0.5, 0.6) is 0 Å². The van der Waals surface area contributed by atoms with E-state index in [0.29, 0.717) is 0 Å². The third-order valence-electron chi connectivity index (χ3n) is 3.05. The number of rotatable bonds is 5. The molecule has 1 atom stereocenters. The highest BCUT2D eigenvalue weighted by atomic mass is 32.2. The Balaban J connectivity index is 2.18. The highest BCUT2D eigenvalue weighted by molar-refractivity contribution is 7.89. The summed E-state index contributed by atoms with van der Waals surface area (Å²) in [5, 5.41) is 4.06. The molecule has 0 amide bonds. The van der Waals surface area contributed by atoms with Crippen LogP contribution < -0.4 is 4.72 Å². The Kier molecular flexibility index (Phi) is 4.25. The number of nitrogens with one attached hydrogen (secondary N) is 1. The predicted molar refractivity (Wildman–Crippen MR) is 77.8 cm³/mol. The quantitative estimate of drug-likeness (QED) is 0.921. The first kappa shape index (κ1) is 14.7. The van der Waals surface area contributed by atoms with Crippen LogP contribution in [0.2, 0.25) is 0 Å². The summed E-state index contributed by atoms with van der Waals surface area (Å²) < 4.78 is 28.9. The minimum atomic E-state index is -3.55. The minimum Gasteiger partial charge on any atom is -0.269 e. The molecule has 0 aliphatic heterocycles. The van der Waals surface area contributed by atoms with Gasteiger partial charge in [-0.05, 0) is 26.3 Å². The van der Waals surface area contributed by atoms with Gasteiger partial charge in [-0.3, -0.25) is 4.68 Å². The zero-order valence-corrected chi connectivity index (χ0v) is 12.6. The summed E-state index contributed by atoms with van der Waals surface area (Å²) in [6.07, 6.45) is 2.92. The molecule has 0 saturated heterocycles. The van der Waals surface area contributed by atoms with Crippen LogP contribution in [0.1, 0.15) is 38.4 Å². The molecule has 0 unspecified atom stereocenters. The van der Waals surface area contributed by atoms with Crippen molar-refractivity contribution in [2.75, 3.05) is 0 Å². The van der Waals surface area contributed by atoms with Crippen LogP contribution >= 0.6 is 0 Å². The SMILES string of the molecule is CC(C)n1cc(S(=O)(=O)N[C@H](C)c2ccccc2)cn1. The smallest absolute Gasteiger partial charge is 0.244 e. The average Bonchev–Trinajstić information content (AvgIpc) is 2.90. The lowest BCUT2D eigenvalue weighted by molar-refractivity contribution is 0.530. The summed E-state index contributed by atoms with van der Waals surface area (Å²) in [5.41, 5.74) is 0.923. The van der Waals surface area contributed by atoms with Gasteiger partial charge >= 0.3 is 0 Å². The van der Waals surface area contributed by atoms with E-state index in [-0.39, 0.29) is 17.0 Å². The summed E-state index contributed by atoms with van der Waals surface area (Å²) in [5.74, 6) is 0. The first-order chi connectivity index (χ1) is 9.40. The summed E-state index contributed by atoms with van der Waals surface area (Å²) in [7, 11) is -3.55. The summed E-state index contributed by atoms with van der Waals surface area (Å²) in [4.78, 5) is 0.189. The van der Waals surface area contributed by atoms with Gasteiger partial charge in [0.25, 0.3) is 0 Å². The Bertz CT molecular complexity index is 663. The minimum absolute atomic E-state index is 0.130. The molecular formula is C14H19N3O2S. The van der Waals surface area contributed by atoms with Crippen LogP contribution in [0.15, 0.2) is 47.6 Å². The van der Waals surface area contributed by atoms with Crippen LogP contribution in [0.3, 0.4) is 0 Å². The molecule has 2 aromatic rings. The van der Waals surface area contributed by atoms with E-state index in [2.05, 4.69) is 9.82 Å². The van der Waals surface area contributed by atoms with Gasteiger partial charge in [0.1, 0.15) is 4.90 Å². The van der Waals surface area contributed by atoms with Gasteiger partial charge in [-0.25, -0.2) is 13.1 Å². The standard InChI is InChI=1S/C14H19N3O2S/c1-11(2)17-10-14(9-15-17)20(18,19)16-12(3)13-7-5-4-6-8-13/h4-12,16H,1-3H3/t12-/m1/s1. The molecule has 1 N–H and O–H groups in total. The van der Waals surface area contributed by atoms with Crippen molar-refractivity contribution in [3.8, 4) is 0 Å². The maximum atomic E-state index is 12.3.